The van der Waals surface area contributed by atoms with Crippen LogP contribution in [0, 0.1) is 5.82 Å². The van der Waals surface area contributed by atoms with Crippen molar-refractivity contribution in [2.24, 2.45) is 0 Å². The van der Waals surface area contributed by atoms with E-state index in [0.29, 0.717) is 16.4 Å². The van der Waals surface area contributed by atoms with Crippen LogP contribution < -0.4 is 5.06 Å². The number of aromatic nitrogens is 4. The molecule has 1 aliphatic rings. The lowest BCUT2D eigenvalue weighted by atomic mass is 10.1. The van der Waals surface area contributed by atoms with Gasteiger partial charge in [-0.2, -0.15) is 4.68 Å². The highest BCUT2D eigenvalue weighted by molar-refractivity contribution is 6.31. The highest BCUT2D eigenvalue weighted by Crippen LogP contribution is 2.29. The third-order valence-electron chi connectivity index (χ3n) is 4.73. The van der Waals surface area contributed by atoms with Crippen LogP contribution in [0.1, 0.15) is 12.5 Å². The molecule has 0 amide bonds. The van der Waals surface area contributed by atoms with Crippen LogP contribution in [-0.2, 0) is 25.6 Å². The van der Waals surface area contributed by atoms with E-state index in [0.717, 1.165) is 5.56 Å². The predicted octanol–water partition coefficient (Wildman–Crippen LogP) is 2.53. The molecule has 0 N–H and O–H groups in total. The minimum atomic E-state index is -0.777. The summed E-state index contributed by atoms with van der Waals surface area (Å²) >= 11 is 6.17. The van der Waals surface area contributed by atoms with E-state index < -0.39 is 12.0 Å². The monoisotopic (exact) mass is 462 g/mol. The van der Waals surface area contributed by atoms with Gasteiger partial charge in [-0.3, -0.25) is 14.5 Å². The second-order valence-corrected chi connectivity index (χ2v) is 7.23. The molecule has 1 aliphatic heterocycles. The molecule has 1 aromatic heterocycles. The third kappa shape index (κ3) is 5.02. The molecule has 2 heterocycles. The van der Waals surface area contributed by atoms with Gasteiger partial charge in [0.1, 0.15) is 18.2 Å². The smallest absolute Gasteiger partial charge is 0.326 e. The van der Waals surface area contributed by atoms with E-state index >= 15 is 0 Å². The number of carbonyl (C=O) groups excluding carboxylic acids is 1. The van der Waals surface area contributed by atoms with Gasteiger partial charge in [0.2, 0.25) is 0 Å². The molecule has 1 saturated heterocycles. The Balaban J connectivity index is 1.50. The minimum absolute atomic E-state index is 0.0329. The van der Waals surface area contributed by atoms with E-state index in [-0.39, 0.29) is 32.3 Å². The summed E-state index contributed by atoms with van der Waals surface area (Å²) in [6.07, 6.45) is 1.71. The molecule has 32 heavy (non-hydrogen) atoms. The van der Waals surface area contributed by atoms with Crippen LogP contribution in [0.2, 0.25) is 5.02 Å². The Morgan fingerprint density at radius 2 is 2.00 bits per heavy atom. The van der Waals surface area contributed by atoms with E-state index in [4.69, 9.17) is 26.0 Å². The number of halogens is 2. The average Bonchev–Trinajstić information content (AvgIpc) is 3.34. The first-order chi connectivity index (χ1) is 15.5. The molecule has 3 aromatic rings. The maximum absolute atomic E-state index is 13.2. The fourth-order valence-corrected chi connectivity index (χ4v) is 3.36. The van der Waals surface area contributed by atoms with Crippen LogP contribution >= 0.6 is 11.6 Å². The quantitative estimate of drug-likeness (QED) is 0.491. The zero-order valence-corrected chi connectivity index (χ0v) is 17.9. The van der Waals surface area contributed by atoms with Gasteiger partial charge < -0.3 is 4.74 Å². The van der Waals surface area contributed by atoms with Crippen LogP contribution in [0.25, 0.3) is 5.69 Å². The number of benzene rings is 2. The number of hydroxylamine groups is 3. The second kappa shape index (κ2) is 10.0. The van der Waals surface area contributed by atoms with Gasteiger partial charge in [-0.1, -0.05) is 23.7 Å². The summed E-state index contributed by atoms with van der Waals surface area (Å²) < 4.78 is 19.9. The molecule has 0 bridgehead atoms. The summed E-state index contributed by atoms with van der Waals surface area (Å²) in [6.45, 7) is 1.85. The fourth-order valence-electron chi connectivity index (χ4n) is 3.19. The van der Waals surface area contributed by atoms with Gasteiger partial charge in [0.15, 0.2) is 13.5 Å². The molecule has 1 unspecified atom stereocenters. The van der Waals surface area contributed by atoms with Crippen molar-refractivity contribution in [2.45, 2.75) is 19.4 Å². The second-order valence-electron chi connectivity index (χ2n) is 6.80. The van der Waals surface area contributed by atoms with Crippen molar-refractivity contribution in [3.8, 4) is 5.69 Å². The Labute approximate surface area is 187 Å². The number of hydrogen-bond donors (Lipinski definition) is 0. The van der Waals surface area contributed by atoms with Crippen molar-refractivity contribution >= 4 is 23.3 Å². The first-order valence-corrected chi connectivity index (χ1v) is 10.2. The van der Waals surface area contributed by atoms with Gasteiger partial charge >= 0.3 is 5.97 Å². The number of esters is 1. The molecule has 12 heteroatoms. The molecule has 0 saturated carbocycles. The van der Waals surface area contributed by atoms with Crippen molar-refractivity contribution in [1.82, 2.24) is 25.3 Å². The molecule has 10 nitrogen and oxygen atoms in total. The Kier molecular flexibility index (Phi) is 6.90. The Morgan fingerprint density at radius 3 is 2.66 bits per heavy atom. The summed E-state index contributed by atoms with van der Waals surface area (Å²) in [4.78, 5) is 24.3. The first kappa shape index (κ1) is 22.1. The van der Waals surface area contributed by atoms with Gasteiger partial charge in [-0.25, -0.2) is 9.45 Å². The van der Waals surface area contributed by atoms with Crippen molar-refractivity contribution < 1.29 is 23.6 Å². The van der Waals surface area contributed by atoms with Crippen molar-refractivity contribution in [3.05, 3.63) is 65.2 Å². The van der Waals surface area contributed by atoms with Crippen LogP contribution in [0.15, 0.2) is 48.8 Å². The largest absolute Gasteiger partial charge is 0.465 e. The summed E-state index contributed by atoms with van der Waals surface area (Å²) in [5.74, 6) is -0.819. The maximum atomic E-state index is 13.2. The number of carbonyl (C=O) groups is 1. The van der Waals surface area contributed by atoms with E-state index in [2.05, 4.69) is 15.5 Å². The molecule has 1 fully saturated rings. The summed E-state index contributed by atoms with van der Waals surface area (Å²) in [6, 6.07) is 10.3. The van der Waals surface area contributed by atoms with E-state index in [1.54, 1.807) is 37.3 Å². The van der Waals surface area contributed by atoms with E-state index in [9.17, 15) is 9.18 Å². The van der Waals surface area contributed by atoms with Crippen LogP contribution in [0.4, 0.5) is 10.1 Å². The molecule has 2 aromatic carbocycles. The zero-order valence-electron chi connectivity index (χ0n) is 17.1. The minimum Gasteiger partial charge on any atom is -0.465 e. The van der Waals surface area contributed by atoms with E-state index in [1.807, 2.05) is 0 Å². The molecule has 1 atom stereocenters. The number of tetrazole rings is 1. The van der Waals surface area contributed by atoms with Crippen LogP contribution in [-0.4, -0.2) is 57.4 Å². The topological polar surface area (TPSA) is 94.8 Å². The molecule has 0 spiro atoms. The van der Waals surface area contributed by atoms with Crippen molar-refractivity contribution in [2.75, 3.05) is 25.1 Å². The number of rotatable bonds is 7. The van der Waals surface area contributed by atoms with Gasteiger partial charge in [-0.15, -0.1) is 10.2 Å². The Hall–Kier alpha value is -3.12. The molecular formula is C20H20ClFN6O4. The lowest BCUT2D eigenvalue weighted by Gasteiger charge is -2.37. The molecule has 0 radical (unpaired) electrons. The number of ether oxygens (including phenoxy) is 1. The summed E-state index contributed by atoms with van der Waals surface area (Å²) in [5, 5.41) is 14.6. The van der Waals surface area contributed by atoms with Crippen molar-refractivity contribution in [1.29, 1.82) is 0 Å². The number of hydrogen-bond acceptors (Lipinski definition) is 9. The number of nitrogens with zero attached hydrogens (tertiary/aromatic N) is 6. The molecule has 0 aliphatic carbocycles. The zero-order chi connectivity index (χ0) is 22.5. The SMILES string of the molecule is CCOC(=O)C(Cc1ccc(F)cc1)N1CON(c2cc(Cl)ccc2-n2cnnn2)CO1. The van der Waals surface area contributed by atoms with E-state index in [1.165, 1.54) is 33.3 Å². The fraction of sp³-hybridized carbons (Fsp3) is 0.300. The van der Waals surface area contributed by atoms with Gasteiger partial charge in [0.25, 0.3) is 0 Å². The van der Waals surface area contributed by atoms with Crippen LogP contribution in [0.3, 0.4) is 0 Å². The normalized spacial score (nSPS) is 15.5. The first-order valence-electron chi connectivity index (χ1n) is 9.79. The maximum Gasteiger partial charge on any atom is 0.326 e. The standard InChI is InChI=1S/C20H20ClFN6O4/c1-2-30-20(29)19(9-14-3-6-16(22)7-4-14)28-13-31-27(12-32-28)18-10-15(21)5-8-17(18)26-11-23-24-25-26/h3-8,10-11,19H,2,9,12-13H2,1H3. The Morgan fingerprint density at radius 1 is 1.19 bits per heavy atom. The molecule has 168 valence electrons. The van der Waals surface area contributed by atoms with Gasteiger partial charge in [-0.05, 0) is 53.2 Å². The summed E-state index contributed by atoms with van der Waals surface area (Å²) in [7, 11) is 0. The highest BCUT2D eigenvalue weighted by Gasteiger charge is 2.33. The lowest BCUT2D eigenvalue weighted by molar-refractivity contribution is -0.283. The summed E-state index contributed by atoms with van der Waals surface area (Å²) in [5.41, 5.74) is 1.96. The van der Waals surface area contributed by atoms with Crippen molar-refractivity contribution in [3.63, 3.8) is 0 Å². The highest BCUT2D eigenvalue weighted by atomic mass is 35.5. The predicted molar refractivity (Wildman–Crippen MR) is 111 cm³/mol. The average molecular weight is 463 g/mol. The van der Waals surface area contributed by atoms with Crippen LogP contribution in [0.5, 0.6) is 0 Å². The molecular weight excluding hydrogens is 443 g/mol. The third-order valence-corrected chi connectivity index (χ3v) is 4.97. The van der Waals surface area contributed by atoms with Gasteiger partial charge in [0.05, 0.1) is 18.0 Å². The van der Waals surface area contributed by atoms with Gasteiger partial charge in [0, 0.05) is 11.4 Å². The number of anilines is 1. The lowest BCUT2D eigenvalue weighted by Crippen LogP contribution is -2.51. The molecule has 4 rings (SSSR count). The Bertz CT molecular complexity index is 1040.